The molecule has 1 unspecified atom stereocenters. The Kier molecular flexibility index (Phi) is 6.49. The molecule has 20 heavy (non-hydrogen) atoms. The van der Waals surface area contributed by atoms with Crippen molar-refractivity contribution < 1.29 is 17.9 Å². The lowest BCUT2D eigenvalue weighted by molar-refractivity contribution is -0.217. The Morgan fingerprint density at radius 2 is 1.80 bits per heavy atom. The summed E-state index contributed by atoms with van der Waals surface area (Å²) in [6.45, 7) is 6.85. The van der Waals surface area contributed by atoms with Crippen molar-refractivity contribution >= 4 is 0 Å². The van der Waals surface area contributed by atoms with E-state index < -0.39 is 12.3 Å². The average molecular weight is 289 g/mol. The second kappa shape index (κ2) is 7.64. The van der Waals surface area contributed by atoms with Crippen molar-refractivity contribution in [3.63, 3.8) is 0 Å². The van der Waals surface area contributed by atoms with Gasteiger partial charge >= 0.3 is 6.18 Å². The van der Waals surface area contributed by atoms with Crippen molar-refractivity contribution in [1.82, 2.24) is 5.32 Å². The van der Waals surface area contributed by atoms with Crippen molar-refractivity contribution in [2.24, 2.45) is 5.92 Å². The van der Waals surface area contributed by atoms with Crippen LogP contribution in [-0.2, 0) is 17.9 Å². The summed E-state index contributed by atoms with van der Waals surface area (Å²) in [6.07, 6.45) is -6.05. The van der Waals surface area contributed by atoms with E-state index in [0.29, 0.717) is 12.5 Å². The number of hydrogen-bond acceptors (Lipinski definition) is 2. The van der Waals surface area contributed by atoms with Gasteiger partial charge in [-0.3, -0.25) is 0 Å². The predicted octanol–water partition coefficient (Wildman–Crippen LogP) is 3.90. The summed E-state index contributed by atoms with van der Waals surface area (Å²) >= 11 is 0. The second-order valence-corrected chi connectivity index (χ2v) is 5.34. The van der Waals surface area contributed by atoms with E-state index in [2.05, 4.69) is 19.2 Å². The van der Waals surface area contributed by atoms with Gasteiger partial charge in [0, 0.05) is 6.54 Å². The molecule has 114 valence electrons. The number of halogens is 3. The van der Waals surface area contributed by atoms with Crippen LogP contribution < -0.4 is 5.32 Å². The van der Waals surface area contributed by atoms with Crippen LogP contribution in [-0.4, -0.2) is 18.8 Å². The fraction of sp³-hybridized carbons (Fsp3) is 0.600. The summed E-state index contributed by atoms with van der Waals surface area (Å²) in [7, 11) is 0. The number of ether oxygens (including phenoxy) is 1. The standard InChI is InChI=1S/C15H22F3NO/c1-11(2)8-19-9-13-5-4-6-14(7-13)10-20-12(3)15(16,17)18/h4-7,11-12,19H,8-10H2,1-3H3. The first-order valence-electron chi connectivity index (χ1n) is 6.76. The minimum absolute atomic E-state index is 0.0291. The molecule has 1 aromatic carbocycles. The molecule has 5 heteroatoms. The van der Waals surface area contributed by atoms with Gasteiger partial charge in [0.2, 0.25) is 0 Å². The van der Waals surface area contributed by atoms with Crippen molar-refractivity contribution in [3.8, 4) is 0 Å². The van der Waals surface area contributed by atoms with Gasteiger partial charge in [-0.25, -0.2) is 0 Å². The second-order valence-electron chi connectivity index (χ2n) is 5.34. The van der Waals surface area contributed by atoms with Gasteiger partial charge < -0.3 is 10.1 Å². The molecule has 0 saturated carbocycles. The normalized spacial score (nSPS) is 13.8. The summed E-state index contributed by atoms with van der Waals surface area (Å²) in [5.41, 5.74) is 1.80. The number of nitrogens with one attached hydrogen (secondary N) is 1. The minimum atomic E-state index is -4.31. The van der Waals surface area contributed by atoms with E-state index in [0.717, 1.165) is 24.6 Å². The van der Waals surface area contributed by atoms with Gasteiger partial charge in [0.25, 0.3) is 0 Å². The number of alkyl halides is 3. The first kappa shape index (κ1) is 17.0. The summed E-state index contributed by atoms with van der Waals surface area (Å²) < 4.78 is 41.9. The van der Waals surface area contributed by atoms with Crippen LogP contribution in [0.5, 0.6) is 0 Å². The van der Waals surface area contributed by atoms with E-state index in [9.17, 15) is 13.2 Å². The molecule has 0 bridgehead atoms. The highest BCUT2D eigenvalue weighted by Gasteiger charge is 2.36. The Bertz CT molecular complexity index is 404. The van der Waals surface area contributed by atoms with Crippen LogP contribution in [0.2, 0.25) is 0 Å². The van der Waals surface area contributed by atoms with Gasteiger partial charge in [-0.15, -0.1) is 0 Å². The average Bonchev–Trinajstić information content (AvgIpc) is 2.35. The minimum Gasteiger partial charge on any atom is -0.364 e. The maximum absolute atomic E-state index is 12.3. The van der Waals surface area contributed by atoms with E-state index in [4.69, 9.17) is 4.74 Å². The molecule has 1 N–H and O–H groups in total. The van der Waals surface area contributed by atoms with Gasteiger partial charge in [-0.05, 0) is 30.5 Å². The molecule has 0 heterocycles. The molecule has 0 radical (unpaired) electrons. The largest absolute Gasteiger partial charge is 0.414 e. The van der Waals surface area contributed by atoms with Crippen LogP contribution in [0.1, 0.15) is 31.9 Å². The summed E-state index contributed by atoms with van der Waals surface area (Å²) in [5, 5.41) is 3.30. The Hall–Kier alpha value is -1.07. The maximum atomic E-state index is 12.3. The fourth-order valence-corrected chi connectivity index (χ4v) is 1.65. The fourth-order valence-electron chi connectivity index (χ4n) is 1.65. The number of benzene rings is 1. The highest BCUT2D eigenvalue weighted by atomic mass is 19.4. The zero-order chi connectivity index (χ0) is 15.2. The van der Waals surface area contributed by atoms with Crippen molar-refractivity contribution in [2.45, 2.75) is 46.2 Å². The lowest BCUT2D eigenvalue weighted by Gasteiger charge is -2.16. The third-order valence-corrected chi connectivity index (χ3v) is 2.83. The van der Waals surface area contributed by atoms with E-state index >= 15 is 0 Å². The van der Waals surface area contributed by atoms with Crippen LogP contribution in [0.25, 0.3) is 0 Å². The molecule has 0 aromatic heterocycles. The lowest BCUT2D eigenvalue weighted by Crippen LogP contribution is -2.28. The molecule has 0 aliphatic heterocycles. The first-order chi connectivity index (χ1) is 9.29. The van der Waals surface area contributed by atoms with E-state index in [1.807, 2.05) is 18.2 Å². The third kappa shape index (κ3) is 6.39. The number of hydrogen-bond donors (Lipinski definition) is 1. The molecule has 0 saturated heterocycles. The van der Waals surface area contributed by atoms with Gasteiger partial charge in [-0.2, -0.15) is 13.2 Å². The zero-order valence-electron chi connectivity index (χ0n) is 12.1. The highest BCUT2D eigenvalue weighted by Crippen LogP contribution is 2.23. The van der Waals surface area contributed by atoms with Crippen LogP contribution in [0, 0.1) is 5.92 Å². The molecule has 1 rings (SSSR count). The molecular formula is C15H22F3NO. The quantitative estimate of drug-likeness (QED) is 0.822. The van der Waals surface area contributed by atoms with Gasteiger partial charge in [0.15, 0.2) is 6.10 Å². The molecule has 0 aliphatic rings. The Balaban J connectivity index is 2.47. The Morgan fingerprint density at radius 3 is 2.40 bits per heavy atom. The number of rotatable bonds is 7. The van der Waals surface area contributed by atoms with Gasteiger partial charge in [0.05, 0.1) is 6.61 Å². The van der Waals surface area contributed by atoms with Crippen LogP contribution in [0.4, 0.5) is 13.2 Å². The Labute approximate surface area is 118 Å². The first-order valence-corrected chi connectivity index (χ1v) is 6.76. The van der Waals surface area contributed by atoms with Crippen molar-refractivity contribution in [2.75, 3.05) is 6.54 Å². The summed E-state index contributed by atoms with van der Waals surface area (Å²) in [6, 6.07) is 7.43. The summed E-state index contributed by atoms with van der Waals surface area (Å²) in [4.78, 5) is 0. The van der Waals surface area contributed by atoms with Gasteiger partial charge in [-0.1, -0.05) is 38.1 Å². The highest BCUT2D eigenvalue weighted by molar-refractivity contribution is 5.22. The zero-order valence-corrected chi connectivity index (χ0v) is 12.1. The molecule has 1 aromatic rings. The van der Waals surface area contributed by atoms with Crippen molar-refractivity contribution in [3.05, 3.63) is 35.4 Å². The van der Waals surface area contributed by atoms with E-state index in [1.165, 1.54) is 0 Å². The predicted molar refractivity (Wildman–Crippen MR) is 73.3 cm³/mol. The topological polar surface area (TPSA) is 21.3 Å². The van der Waals surface area contributed by atoms with Crippen LogP contribution in [0.3, 0.4) is 0 Å². The molecule has 2 nitrogen and oxygen atoms in total. The third-order valence-electron chi connectivity index (χ3n) is 2.83. The van der Waals surface area contributed by atoms with Crippen LogP contribution >= 0.6 is 0 Å². The van der Waals surface area contributed by atoms with E-state index in [-0.39, 0.29) is 6.61 Å². The van der Waals surface area contributed by atoms with Crippen molar-refractivity contribution in [1.29, 1.82) is 0 Å². The summed E-state index contributed by atoms with van der Waals surface area (Å²) in [5.74, 6) is 0.564. The van der Waals surface area contributed by atoms with Gasteiger partial charge in [0.1, 0.15) is 0 Å². The van der Waals surface area contributed by atoms with Crippen LogP contribution in [0.15, 0.2) is 24.3 Å². The lowest BCUT2D eigenvalue weighted by atomic mass is 10.1. The molecular weight excluding hydrogens is 267 g/mol. The van der Waals surface area contributed by atoms with E-state index in [1.54, 1.807) is 6.07 Å². The molecule has 0 aliphatic carbocycles. The monoisotopic (exact) mass is 289 g/mol. The molecule has 0 fully saturated rings. The smallest absolute Gasteiger partial charge is 0.364 e. The molecule has 0 amide bonds. The Morgan fingerprint density at radius 1 is 1.15 bits per heavy atom. The SMILES string of the molecule is CC(C)CNCc1cccc(COC(C)C(F)(F)F)c1. The maximum Gasteiger partial charge on any atom is 0.414 e. The molecule has 0 spiro atoms. The molecule has 1 atom stereocenters.